The van der Waals surface area contributed by atoms with Crippen molar-refractivity contribution in [1.29, 1.82) is 0 Å². The van der Waals surface area contributed by atoms with Gasteiger partial charge in [0.15, 0.2) is 5.13 Å². The fraction of sp³-hybridized carbons (Fsp3) is 0.182. The van der Waals surface area contributed by atoms with Crippen LogP contribution in [0.15, 0.2) is 30.5 Å². The highest BCUT2D eigenvalue weighted by Crippen LogP contribution is 2.33. The molecule has 0 aliphatic carbocycles. The van der Waals surface area contributed by atoms with Crippen molar-refractivity contribution in [1.82, 2.24) is 4.98 Å². The van der Waals surface area contributed by atoms with Crippen molar-refractivity contribution in [3.63, 3.8) is 0 Å². The lowest BCUT2D eigenvalue weighted by Gasteiger charge is -2.21. The van der Waals surface area contributed by atoms with Crippen LogP contribution in [-0.4, -0.2) is 10.1 Å². The lowest BCUT2D eigenvalue weighted by Crippen LogP contribution is -2.21. The molecule has 3 N–H and O–H groups in total. The molecule has 5 heteroatoms. The molecule has 2 aromatic rings. The van der Waals surface area contributed by atoms with Crippen molar-refractivity contribution in [3.05, 3.63) is 46.7 Å². The molecule has 1 unspecified atom stereocenters. The van der Waals surface area contributed by atoms with Crippen LogP contribution >= 0.6 is 11.3 Å². The minimum atomic E-state index is -1.27. The van der Waals surface area contributed by atoms with Crippen LogP contribution < -0.4 is 5.73 Å². The number of nitrogen functional groups attached to an aromatic ring is 1. The number of nitrogens with zero attached hydrogens (tertiary/aromatic N) is 1. The molecule has 1 atom stereocenters. The Morgan fingerprint density at radius 2 is 2.25 bits per heavy atom. The summed E-state index contributed by atoms with van der Waals surface area (Å²) in [4.78, 5) is 4.47. The molecule has 1 aromatic heterocycles. The van der Waals surface area contributed by atoms with Gasteiger partial charge in [-0.05, 0) is 24.6 Å². The summed E-state index contributed by atoms with van der Waals surface area (Å²) in [5.41, 5.74) is 4.72. The Labute approximate surface area is 96.4 Å². The Balaban J connectivity index is 2.46. The third-order valence-corrected chi connectivity index (χ3v) is 3.43. The highest BCUT2D eigenvalue weighted by molar-refractivity contribution is 7.15. The predicted molar refractivity (Wildman–Crippen MR) is 61.6 cm³/mol. The van der Waals surface area contributed by atoms with Gasteiger partial charge in [-0.25, -0.2) is 9.37 Å². The molecule has 1 aromatic carbocycles. The van der Waals surface area contributed by atoms with Gasteiger partial charge in [0.05, 0.1) is 4.88 Å². The number of halogens is 1. The zero-order valence-corrected chi connectivity index (χ0v) is 9.46. The Hall–Kier alpha value is -1.46. The number of benzene rings is 1. The molecular formula is C11H11FN2OS. The molecule has 0 aliphatic rings. The summed E-state index contributed by atoms with van der Waals surface area (Å²) in [6.45, 7) is 1.59. The van der Waals surface area contributed by atoms with Gasteiger partial charge in [-0.3, -0.25) is 0 Å². The molecule has 0 bridgehead atoms. The normalized spacial score (nSPS) is 14.7. The van der Waals surface area contributed by atoms with E-state index in [4.69, 9.17) is 5.73 Å². The number of nitrogens with two attached hydrogens (primary N) is 1. The van der Waals surface area contributed by atoms with Gasteiger partial charge in [-0.2, -0.15) is 0 Å². The van der Waals surface area contributed by atoms with Crippen LogP contribution in [-0.2, 0) is 5.60 Å². The molecule has 0 saturated carbocycles. The van der Waals surface area contributed by atoms with E-state index in [9.17, 15) is 9.50 Å². The topological polar surface area (TPSA) is 59.1 Å². The number of rotatable bonds is 2. The average molecular weight is 238 g/mol. The second-order valence-corrected chi connectivity index (χ2v) is 4.71. The second-order valence-electron chi connectivity index (χ2n) is 3.65. The molecule has 0 saturated heterocycles. The summed E-state index contributed by atoms with van der Waals surface area (Å²) in [7, 11) is 0. The average Bonchev–Trinajstić information content (AvgIpc) is 2.65. The van der Waals surface area contributed by atoms with Crippen LogP contribution in [0.25, 0.3) is 0 Å². The molecule has 0 spiro atoms. The molecular weight excluding hydrogens is 227 g/mol. The maximum atomic E-state index is 13.1. The van der Waals surface area contributed by atoms with E-state index in [2.05, 4.69) is 4.98 Å². The number of thiazole rings is 1. The second kappa shape index (κ2) is 3.84. The van der Waals surface area contributed by atoms with E-state index in [0.29, 0.717) is 15.6 Å². The molecule has 2 rings (SSSR count). The van der Waals surface area contributed by atoms with Crippen molar-refractivity contribution in [3.8, 4) is 0 Å². The maximum Gasteiger partial charge on any atom is 0.180 e. The van der Waals surface area contributed by atoms with Crippen LogP contribution in [0.3, 0.4) is 0 Å². The Morgan fingerprint density at radius 1 is 1.50 bits per heavy atom. The van der Waals surface area contributed by atoms with Crippen molar-refractivity contribution >= 4 is 16.5 Å². The van der Waals surface area contributed by atoms with E-state index >= 15 is 0 Å². The number of hydrogen-bond acceptors (Lipinski definition) is 4. The number of aliphatic hydroxyl groups is 1. The Morgan fingerprint density at radius 3 is 2.81 bits per heavy atom. The summed E-state index contributed by atoms with van der Waals surface area (Å²) < 4.78 is 13.1. The van der Waals surface area contributed by atoms with E-state index in [-0.39, 0.29) is 5.82 Å². The zero-order valence-electron chi connectivity index (χ0n) is 8.64. The minimum absolute atomic E-state index is 0.379. The van der Waals surface area contributed by atoms with Gasteiger partial charge in [-0.1, -0.05) is 23.5 Å². The van der Waals surface area contributed by atoms with E-state index < -0.39 is 5.60 Å². The van der Waals surface area contributed by atoms with E-state index in [0.717, 1.165) is 0 Å². The molecule has 1 heterocycles. The lowest BCUT2D eigenvalue weighted by atomic mass is 9.95. The molecule has 0 fully saturated rings. The van der Waals surface area contributed by atoms with Crippen LogP contribution in [0.2, 0.25) is 0 Å². The number of hydrogen-bond donors (Lipinski definition) is 2. The smallest absolute Gasteiger partial charge is 0.180 e. The quantitative estimate of drug-likeness (QED) is 0.842. The predicted octanol–water partition coefficient (Wildman–Crippen LogP) is 2.12. The van der Waals surface area contributed by atoms with Crippen LogP contribution in [0, 0.1) is 5.82 Å². The number of aromatic nitrogens is 1. The number of anilines is 1. The highest BCUT2D eigenvalue weighted by atomic mass is 32.1. The maximum absolute atomic E-state index is 13.1. The Bertz CT molecular complexity index is 510. The first-order valence-electron chi connectivity index (χ1n) is 4.70. The SMILES string of the molecule is CC(O)(c1cccc(F)c1)c1cnc(N)s1. The summed E-state index contributed by atoms with van der Waals surface area (Å²) in [6, 6.07) is 5.86. The molecule has 0 aliphatic heterocycles. The van der Waals surface area contributed by atoms with Crippen molar-refractivity contribution in [2.75, 3.05) is 5.73 Å². The fourth-order valence-electron chi connectivity index (χ4n) is 1.45. The van der Waals surface area contributed by atoms with Crippen LogP contribution in [0.4, 0.5) is 9.52 Å². The van der Waals surface area contributed by atoms with Gasteiger partial charge in [0.2, 0.25) is 0 Å². The van der Waals surface area contributed by atoms with E-state index in [1.165, 1.54) is 29.7 Å². The van der Waals surface area contributed by atoms with Crippen molar-refractivity contribution in [2.24, 2.45) is 0 Å². The molecule has 3 nitrogen and oxygen atoms in total. The van der Waals surface area contributed by atoms with Crippen molar-refractivity contribution < 1.29 is 9.50 Å². The molecule has 16 heavy (non-hydrogen) atoms. The standard InChI is InChI=1S/C11H11FN2OS/c1-11(15,9-6-14-10(13)16-9)7-3-2-4-8(12)5-7/h2-6,15H,1H3,(H2,13,14). The molecule has 0 radical (unpaired) electrons. The third kappa shape index (κ3) is 1.91. The monoisotopic (exact) mass is 238 g/mol. The van der Waals surface area contributed by atoms with E-state index in [1.54, 1.807) is 19.1 Å². The van der Waals surface area contributed by atoms with Crippen LogP contribution in [0.1, 0.15) is 17.4 Å². The largest absolute Gasteiger partial charge is 0.380 e. The minimum Gasteiger partial charge on any atom is -0.380 e. The van der Waals surface area contributed by atoms with E-state index in [1.807, 2.05) is 0 Å². The van der Waals surface area contributed by atoms with Gasteiger partial charge in [-0.15, -0.1) is 0 Å². The summed E-state index contributed by atoms with van der Waals surface area (Å²) >= 11 is 1.19. The summed E-state index contributed by atoms with van der Waals surface area (Å²) in [5, 5.41) is 10.7. The van der Waals surface area contributed by atoms with Gasteiger partial charge in [0.25, 0.3) is 0 Å². The van der Waals surface area contributed by atoms with Crippen molar-refractivity contribution in [2.45, 2.75) is 12.5 Å². The van der Waals surface area contributed by atoms with Gasteiger partial charge in [0, 0.05) is 6.20 Å². The fourth-order valence-corrected chi connectivity index (χ4v) is 2.20. The molecule has 0 amide bonds. The summed E-state index contributed by atoms with van der Waals surface area (Å²) in [6.07, 6.45) is 1.50. The lowest BCUT2D eigenvalue weighted by molar-refractivity contribution is 0.106. The summed E-state index contributed by atoms with van der Waals surface area (Å²) in [5.74, 6) is -0.379. The first-order chi connectivity index (χ1) is 7.50. The first-order valence-corrected chi connectivity index (χ1v) is 5.52. The Kier molecular flexibility index (Phi) is 2.65. The molecule has 84 valence electrons. The van der Waals surface area contributed by atoms with Gasteiger partial charge in [0.1, 0.15) is 11.4 Å². The third-order valence-electron chi connectivity index (χ3n) is 2.39. The highest BCUT2D eigenvalue weighted by Gasteiger charge is 2.28. The zero-order chi connectivity index (χ0) is 11.8. The first kappa shape index (κ1) is 11.0. The van der Waals surface area contributed by atoms with Gasteiger partial charge < -0.3 is 10.8 Å². The van der Waals surface area contributed by atoms with Crippen LogP contribution in [0.5, 0.6) is 0 Å². The van der Waals surface area contributed by atoms with Gasteiger partial charge >= 0.3 is 0 Å².